The number of hydrogen-bond acceptors (Lipinski definition) is 8. The molecule has 13 heteroatoms. The Labute approximate surface area is 150 Å². The second kappa shape index (κ2) is 6.90. The fourth-order valence-electron chi connectivity index (χ4n) is 3.72. The fourth-order valence-corrected chi connectivity index (χ4v) is 4.11. The van der Waals surface area contributed by atoms with E-state index >= 15 is 0 Å². The first-order valence-electron chi connectivity index (χ1n) is 8.22. The summed E-state index contributed by atoms with van der Waals surface area (Å²) in [4.78, 5) is 25.7. The first-order chi connectivity index (χ1) is 12.2. The normalized spacial score (nSPS) is 34.5. The van der Waals surface area contributed by atoms with Gasteiger partial charge >= 0.3 is 16.4 Å². The van der Waals surface area contributed by atoms with Crippen molar-refractivity contribution in [3.63, 3.8) is 0 Å². The summed E-state index contributed by atoms with van der Waals surface area (Å²) in [5.74, 6) is -0.773. The van der Waals surface area contributed by atoms with Crippen molar-refractivity contribution in [1.29, 1.82) is 0 Å². The molecule has 0 radical (unpaired) electrons. The third-order valence-corrected chi connectivity index (χ3v) is 5.40. The van der Waals surface area contributed by atoms with Gasteiger partial charge in [0.2, 0.25) is 5.72 Å². The van der Waals surface area contributed by atoms with E-state index in [2.05, 4.69) is 9.60 Å². The molecule has 0 aromatic heterocycles. The number of urea groups is 1. The summed E-state index contributed by atoms with van der Waals surface area (Å²) >= 11 is 0. The number of nitrogens with two attached hydrogens (primary N) is 1. The number of aliphatic hydroxyl groups is 1. The first-order valence-corrected chi connectivity index (χ1v) is 9.59. The maximum atomic E-state index is 12.5. The Morgan fingerprint density at radius 1 is 1.46 bits per heavy atom. The van der Waals surface area contributed by atoms with Crippen molar-refractivity contribution < 1.29 is 36.7 Å². The number of hydrogen-bond donors (Lipinski definition) is 4. The molecule has 3 aliphatic heterocycles. The largest absolute Gasteiger partial charge is 0.418 e. The molecule has 3 rings (SSSR count). The van der Waals surface area contributed by atoms with Gasteiger partial charge in [-0.3, -0.25) is 14.2 Å². The Bertz CT molecular complexity index is 688. The number of rotatable bonds is 7. The van der Waals surface area contributed by atoms with Gasteiger partial charge in [0.05, 0.1) is 12.6 Å². The number of ether oxygens (including phenoxy) is 1. The fraction of sp³-hybridized carbons (Fsp3) is 0.846. The van der Waals surface area contributed by atoms with E-state index in [1.807, 2.05) is 0 Å². The number of fused-ring (bicyclic) bond motifs is 2. The number of aliphatic hydroxyl groups excluding tert-OH is 1. The van der Waals surface area contributed by atoms with E-state index < -0.39 is 34.1 Å². The molecule has 3 aliphatic rings. The molecular formula is C13H22N4O8S. The highest BCUT2D eigenvalue weighted by molar-refractivity contribution is 7.80. The van der Waals surface area contributed by atoms with E-state index in [0.717, 1.165) is 4.90 Å². The molecule has 0 aromatic carbocycles. The van der Waals surface area contributed by atoms with Crippen molar-refractivity contribution in [1.82, 2.24) is 15.3 Å². The van der Waals surface area contributed by atoms with E-state index in [1.165, 1.54) is 0 Å². The standard InChI is InChI=1S/C13H22N4O8S/c14-11(19)13(24-7-9-3-8(6-18)4-15-9)2-1-10-5-16(13)12(20)17(10)25-26(21,22)23/h8-10,15,18H,1-7H2,(H2,14,19)(H,21,22,23)/t8-,9-,10?,13?/m0/s1. The van der Waals surface area contributed by atoms with Crippen LogP contribution in [0.1, 0.15) is 19.3 Å². The molecule has 3 amide bonds. The van der Waals surface area contributed by atoms with Crippen LogP contribution in [0.15, 0.2) is 0 Å². The second-order valence-corrected chi connectivity index (χ2v) is 7.77. The highest BCUT2D eigenvalue weighted by Gasteiger charge is 2.58. The lowest BCUT2D eigenvalue weighted by Crippen LogP contribution is -2.62. The molecule has 0 aromatic rings. The molecule has 26 heavy (non-hydrogen) atoms. The van der Waals surface area contributed by atoms with Crippen molar-refractivity contribution in [2.45, 2.75) is 37.1 Å². The van der Waals surface area contributed by atoms with Crippen LogP contribution < -0.4 is 11.1 Å². The van der Waals surface area contributed by atoms with Crippen LogP contribution in [-0.2, 0) is 24.2 Å². The monoisotopic (exact) mass is 394 g/mol. The van der Waals surface area contributed by atoms with Gasteiger partial charge < -0.3 is 20.9 Å². The minimum atomic E-state index is -4.88. The van der Waals surface area contributed by atoms with Gasteiger partial charge in [0.25, 0.3) is 5.91 Å². The molecule has 5 N–H and O–H groups in total. The summed E-state index contributed by atoms with van der Waals surface area (Å²) in [6, 6.07) is -1.68. The number of amides is 3. The van der Waals surface area contributed by atoms with E-state index in [0.29, 0.717) is 18.0 Å². The Balaban J connectivity index is 1.74. The van der Waals surface area contributed by atoms with Crippen molar-refractivity contribution in [3.8, 4) is 0 Å². The van der Waals surface area contributed by atoms with E-state index in [9.17, 15) is 23.1 Å². The molecule has 0 spiro atoms. The van der Waals surface area contributed by atoms with Crippen molar-refractivity contribution >= 4 is 22.3 Å². The van der Waals surface area contributed by atoms with E-state index in [4.69, 9.17) is 15.0 Å². The number of hydroxylamine groups is 2. The van der Waals surface area contributed by atoms with Gasteiger partial charge in [0.1, 0.15) is 0 Å². The zero-order valence-corrected chi connectivity index (χ0v) is 14.7. The zero-order valence-electron chi connectivity index (χ0n) is 13.9. The number of carbonyl (C=O) groups excluding carboxylic acids is 2. The molecule has 2 bridgehead atoms. The number of carbonyl (C=O) groups is 2. The number of primary amides is 1. The van der Waals surface area contributed by atoms with Gasteiger partial charge in [0.15, 0.2) is 0 Å². The second-order valence-electron chi connectivity index (χ2n) is 6.76. The number of nitrogens with zero attached hydrogens (tertiary/aromatic N) is 2. The van der Waals surface area contributed by atoms with E-state index in [-0.39, 0.29) is 44.6 Å². The Hall–Kier alpha value is -1.51. The number of piperidine rings is 1. The lowest BCUT2D eigenvalue weighted by atomic mass is 9.96. The summed E-state index contributed by atoms with van der Waals surface area (Å²) in [6.45, 7) is 0.731. The highest BCUT2D eigenvalue weighted by atomic mass is 32.3. The lowest BCUT2D eigenvalue weighted by Gasteiger charge is -2.40. The number of nitrogens with one attached hydrogen (secondary N) is 1. The smallest absolute Gasteiger partial charge is 0.396 e. The quantitative estimate of drug-likeness (QED) is 0.349. The van der Waals surface area contributed by atoms with Crippen molar-refractivity contribution in [2.24, 2.45) is 11.7 Å². The summed E-state index contributed by atoms with van der Waals surface area (Å²) in [6.07, 6.45) is 0.929. The lowest BCUT2D eigenvalue weighted by molar-refractivity contribution is -0.175. The maximum Gasteiger partial charge on any atom is 0.418 e. The van der Waals surface area contributed by atoms with Crippen LogP contribution in [0.2, 0.25) is 0 Å². The van der Waals surface area contributed by atoms with Gasteiger partial charge in [-0.25, -0.2) is 4.79 Å². The third kappa shape index (κ3) is 3.50. The Morgan fingerprint density at radius 3 is 2.77 bits per heavy atom. The van der Waals surface area contributed by atoms with Crippen LogP contribution in [-0.4, -0.2) is 84.1 Å². The molecule has 0 saturated carbocycles. The average molecular weight is 394 g/mol. The molecular weight excluding hydrogens is 372 g/mol. The molecule has 3 heterocycles. The first kappa shape index (κ1) is 19.3. The van der Waals surface area contributed by atoms with Gasteiger partial charge in [-0.15, -0.1) is 4.28 Å². The summed E-state index contributed by atoms with van der Waals surface area (Å²) in [7, 11) is -4.88. The van der Waals surface area contributed by atoms with Gasteiger partial charge in [-0.2, -0.15) is 13.5 Å². The molecule has 2 unspecified atom stereocenters. The zero-order chi connectivity index (χ0) is 19.1. The predicted octanol–water partition coefficient (Wildman–Crippen LogP) is -2.21. The van der Waals surface area contributed by atoms with Crippen molar-refractivity contribution in [2.75, 3.05) is 26.3 Å². The summed E-state index contributed by atoms with van der Waals surface area (Å²) in [5.41, 5.74) is 3.80. The van der Waals surface area contributed by atoms with Crippen LogP contribution in [0.25, 0.3) is 0 Å². The molecule has 12 nitrogen and oxygen atoms in total. The minimum absolute atomic E-state index is 0.0192. The Kier molecular flexibility index (Phi) is 5.11. The van der Waals surface area contributed by atoms with Gasteiger partial charge in [0, 0.05) is 32.2 Å². The van der Waals surface area contributed by atoms with Gasteiger partial charge in [-0.1, -0.05) is 0 Å². The van der Waals surface area contributed by atoms with Gasteiger partial charge in [-0.05, 0) is 18.8 Å². The van der Waals surface area contributed by atoms with Crippen LogP contribution in [0.5, 0.6) is 0 Å². The topological polar surface area (TPSA) is 172 Å². The third-order valence-electron chi connectivity index (χ3n) is 5.05. The van der Waals surface area contributed by atoms with Crippen LogP contribution in [0.4, 0.5) is 4.79 Å². The predicted molar refractivity (Wildman–Crippen MR) is 84.5 cm³/mol. The van der Waals surface area contributed by atoms with Crippen LogP contribution >= 0.6 is 0 Å². The molecule has 148 valence electrons. The van der Waals surface area contributed by atoms with Crippen LogP contribution in [0, 0.1) is 5.92 Å². The molecule has 0 aliphatic carbocycles. The summed E-state index contributed by atoms with van der Waals surface area (Å²) in [5, 5.41) is 12.9. The van der Waals surface area contributed by atoms with E-state index in [1.54, 1.807) is 0 Å². The minimum Gasteiger partial charge on any atom is -0.396 e. The average Bonchev–Trinajstić information content (AvgIpc) is 3.12. The van der Waals surface area contributed by atoms with Crippen molar-refractivity contribution in [3.05, 3.63) is 0 Å². The highest BCUT2D eigenvalue weighted by Crippen LogP contribution is 2.38. The maximum absolute atomic E-state index is 12.5. The molecule has 3 saturated heterocycles. The SMILES string of the molecule is NC(=O)C1(OC[C@@H]2C[C@H](CO)CN2)CCC2CN1C(=O)N2OS(=O)(=O)O. The Morgan fingerprint density at radius 2 is 2.19 bits per heavy atom. The summed E-state index contributed by atoms with van der Waals surface area (Å²) < 4.78 is 40.8. The molecule has 4 atom stereocenters. The molecule has 3 fully saturated rings. The van der Waals surface area contributed by atoms with Crippen LogP contribution in [0.3, 0.4) is 0 Å².